The van der Waals surface area contributed by atoms with E-state index in [4.69, 9.17) is 28.3 Å². The molecule has 17 heavy (non-hydrogen) atoms. The van der Waals surface area contributed by atoms with Gasteiger partial charge in [-0.2, -0.15) is 0 Å². The fraction of sp³-hybridized carbons (Fsp3) is 0.417. The first-order valence-electron chi connectivity index (χ1n) is 5.32. The van der Waals surface area contributed by atoms with Gasteiger partial charge < -0.3 is 10.4 Å². The van der Waals surface area contributed by atoms with Crippen molar-refractivity contribution >= 4 is 29.1 Å². The Hall–Kier alpha value is -0.770. The Labute approximate surface area is 111 Å². The third-order valence-corrected chi connectivity index (χ3v) is 2.88. The molecule has 1 amide bonds. The minimum absolute atomic E-state index is 0.0995. The predicted octanol–water partition coefficient (Wildman–Crippen LogP) is 2.74. The highest BCUT2D eigenvalue weighted by Crippen LogP contribution is 2.19. The average Bonchev–Trinajstić information content (AvgIpc) is 2.23. The summed E-state index contributed by atoms with van der Waals surface area (Å²) in [7, 11) is 0. The normalized spacial score (nSPS) is 12.6. The van der Waals surface area contributed by atoms with Crippen molar-refractivity contribution in [2.45, 2.75) is 19.9 Å². The van der Waals surface area contributed by atoms with Gasteiger partial charge in [-0.15, -0.1) is 0 Å². The molecule has 0 spiro atoms. The van der Waals surface area contributed by atoms with Gasteiger partial charge in [-0.1, -0.05) is 37.0 Å². The van der Waals surface area contributed by atoms with Crippen LogP contribution in [0.25, 0.3) is 0 Å². The van der Waals surface area contributed by atoms with E-state index < -0.39 is 0 Å². The summed E-state index contributed by atoms with van der Waals surface area (Å²) in [4.78, 5) is 11.9. The van der Waals surface area contributed by atoms with E-state index in [0.717, 1.165) is 0 Å². The van der Waals surface area contributed by atoms with Crippen LogP contribution in [0, 0.1) is 5.92 Å². The third kappa shape index (κ3) is 4.19. The molecule has 1 rings (SSSR count). The predicted molar refractivity (Wildman–Crippen MR) is 69.6 cm³/mol. The second kappa shape index (κ2) is 6.24. The molecule has 0 aliphatic heterocycles. The summed E-state index contributed by atoms with van der Waals surface area (Å²) < 4.78 is 0. The quantitative estimate of drug-likeness (QED) is 0.888. The number of hydrogen-bond acceptors (Lipinski definition) is 2. The van der Waals surface area contributed by atoms with Gasteiger partial charge in [0.05, 0.1) is 12.6 Å². The van der Waals surface area contributed by atoms with Crippen LogP contribution in [0.3, 0.4) is 0 Å². The van der Waals surface area contributed by atoms with Crippen molar-refractivity contribution in [1.82, 2.24) is 5.32 Å². The summed E-state index contributed by atoms with van der Waals surface area (Å²) in [5.41, 5.74) is 0.390. The van der Waals surface area contributed by atoms with Gasteiger partial charge in [0.2, 0.25) is 0 Å². The molecule has 1 unspecified atom stereocenters. The molecule has 0 saturated heterocycles. The Morgan fingerprint density at radius 1 is 1.29 bits per heavy atom. The number of halogens is 2. The highest BCUT2D eigenvalue weighted by atomic mass is 35.5. The van der Waals surface area contributed by atoms with E-state index in [0.29, 0.717) is 15.6 Å². The monoisotopic (exact) mass is 275 g/mol. The molecule has 0 fully saturated rings. The molecule has 1 aromatic carbocycles. The molecular weight excluding hydrogens is 261 g/mol. The average molecular weight is 276 g/mol. The van der Waals surface area contributed by atoms with Crippen LogP contribution in [0.5, 0.6) is 0 Å². The van der Waals surface area contributed by atoms with Crippen LogP contribution in [-0.4, -0.2) is 23.7 Å². The summed E-state index contributed by atoms with van der Waals surface area (Å²) >= 11 is 11.6. The van der Waals surface area contributed by atoms with Gasteiger partial charge in [0, 0.05) is 15.6 Å². The molecule has 5 heteroatoms. The van der Waals surface area contributed by atoms with Crippen molar-refractivity contribution in [3.05, 3.63) is 33.8 Å². The maximum atomic E-state index is 11.9. The van der Waals surface area contributed by atoms with Crippen LogP contribution >= 0.6 is 23.2 Å². The molecule has 0 aliphatic carbocycles. The van der Waals surface area contributed by atoms with E-state index in [1.165, 1.54) is 12.1 Å². The number of benzene rings is 1. The Balaban J connectivity index is 2.82. The van der Waals surface area contributed by atoms with Gasteiger partial charge in [0.25, 0.3) is 5.91 Å². The zero-order valence-corrected chi connectivity index (χ0v) is 11.2. The minimum Gasteiger partial charge on any atom is -0.394 e. The molecular formula is C12H15Cl2NO2. The lowest BCUT2D eigenvalue weighted by Gasteiger charge is -2.19. The number of rotatable bonds is 4. The van der Waals surface area contributed by atoms with E-state index in [2.05, 4.69) is 5.32 Å². The van der Waals surface area contributed by atoms with E-state index >= 15 is 0 Å². The molecule has 1 atom stereocenters. The Morgan fingerprint density at radius 3 is 2.24 bits per heavy atom. The first kappa shape index (κ1) is 14.3. The van der Waals surface area contributed by atoms with Gasteiger partial charge >= 0.3 is 0 Å². The van der Waals surface area contributed by atoms with Gasteiger partial charge in [-0.05, 0) is 24.1 Å². The smallest absolute Gasteiger partial charge is 0.251 e. The second-order valence-corrected chi connectivity index (χ2v) is 5.04. The highest BCUT2D eigenvalue weighted by Gasteiger charge is 2.16. The molecule has 1 aromatic rings. The van der Waals surface area contributed by atoms with Crippen LogP contribution < -0.4 is 5.32 Å². The molecule has 0 aliphatic rings. The standard InChI is InChI=1S/C12H15Cl2NO2/c1-7(2)11(6-16)15-12(17)8-3-9(13)5-10(14)4-8/h3-5,7,11,16H,6H2,1-2H3,(H,15,17). The second-order valence-electron chi connectivity index (χ2n) is 4.16. The van der Waals surface area contributed by atoms with Gasteiger partial charge in [0.1, 0.15) is 0 Å². The Kier molecular flexibility index (Phi) is 5.25. The Morgan fingerprint density at radius 2 is 1.82 bits per heavy atom. The molecule has 0 heterocycles. The van der Waals surface area contributed by atoms with Crippen molar-refractivity contribution in [3.63, 3.8) is 0 Å². The SMILES string of the molecule is CC(C)C(CO)NC(=O)c1cc(Cl)cc(Cl)c1. The van der Waals surface area contributed by atoms with E-state index in [1.807, 2.05) is 13.8 Å². The minimum atomic E-state index is -0.290. The summed E-state index contributed by atoms with van der Waals surface area (Å²) in [6.07, 6.45) is 0. The maximum Gasteiger partial charge on any atom is 0.251 e. The summed E-state index contributed by atoms with van der Waals surface area (Å²) in [6, 6.07) is 4.36. The summed E-state index contributed by atoms with van der Waals surface area (Å²) in [6.45, 7) is 3.75. The number of hydrogen-bond donors (Lipinski definition) is 2. The lowest BCUT2D eigenvalue weighted by atomic mass is 10.0. The fourth-order valence-electron chi connectivity index (χ4n) is 1.36. The molecule has 0 radical (unpaired) electrons. The first-order chi connectivity index (χ1) is 7.93. The number of nitrogens with one attached hydrogen (secondary N) is 1. The van der Waals surface area contributed by atoms with Crippen LogP contribution in [-0.2, 0) is 0 Å². The molecule has 2 N–H and O–H groups in total. The third-order valence-electron chi connectivity index (χ3n) is 2.44. The van der Waals surface area contributed by atoms with Crippen LogP contribution in [0.1, 0.15) is 24.2 Å². The number of amides is 1. The zero-order chi connectivity index (χ0) is 13.0. The summed E-state index contributed by atoms with van der Waals surface area (Å²) in [5.74, 6) is -0.138. The first-order valence-corrected chi connectivity index (χ1v) is 6.07. The lowest BCUT2D eigenvalue weighted by Crippen LogP contribution is -2.41. The topological polar surface area (TPSA) is 49.3 Å². The van der Waals surface area contributed by atoms with Crippen molar-refractivity contribution in [3.8, 4) is 0 Å². The van der Waals surface area contributed by atoms with Crippen molar-refractivity contribution < 1.29 is 9.90 Å². The molecule has 0 bridgehead atoms. The number of carbonyl (C=O) groups excluding carboxylic acids is 1. The van der Waals surface area contributed by atoms with Gasteiger partial charge in [-0.25, -0.2) is 0 Å². The van der Waals surface area contributed by atoms with Gasteiger partial charge in [0.15, 0.2) is 0 Å². The number of aliphatic hydroxyl groups is 1. The molecule has 94 valence electrons. The van der Waals surface area contributed by atoms with E-state index in [-0.39, 0.29) is 24.5 Å². The van der Waals surface area contributed by atoms with Crippen molar-refractivity contribution in [1.29, 1.82) is 0 Å². The van der Waals surface area contributed by atoms with E-state index in [1.54, 1.807) is 6.07 Å². The maximum absolute atomic E-state index is 11.9. The van der Waals surface area contributed by atoms with E-state index in [9.17, 15) is 4.79 Å². The largest absolute Gasteiger partial charge is 0.394 e. The molecule has 0 saturated carbocycles. The van der Waals surface area contributed by atoms with Gasteiger partial charge in [-0.3, -0.25) is 4.79 Å². The molecule has 0 aromatic heterocycles. The lowest BCUT2D eigenvalue weighted by molar-refractivity contribution is 0.0897. The fourth-order valence-corrected chi connectivity index (χ4v) is 1.89. The molecule has 3 nitrogen and oxygen atoms in total. The summed E-state index contributed by atoms with van der Waals surface area (Å²) in [5, 5.41) is 12.7. The zero-order valence-electron chi connectivity index (χ0n) is 9.71. The van der Waals surface area contributed by atoms with Crippen LogP contribution in [0.4, 0.5) is 0 Å². The van der Waals surface area contributed by atoms with Crippen LogP contribution in [0.2, 0.25) is 10.0 Å². The van der Waals surface area contributed by atoms with Crippen LogP contribution in [0.15, 0.2) is 18.2 Å². The highest BCUT2D eigenvalue weighted by molar-refractivity contribution is 6.35. The number of aliphatic hydroxyl groups excluding tert-OH is 1. The number of carbonyl (C=O) groups is 1. The van der Waals surface area contributed by atoms with Crippen molar-refractivity contribution in [2.24, 2.45) is 5.92 Å². The Bertz CT molecular complexity index is 387. The van der Waals surface area contributed by atoms with Crippen molar-refractivity contribution in [2.75, 3.05) is 6.61 Å².